The Morgan fingerprint density at radius 3 is 2.32 bits per heavy atom. The summed E-state index contributed by atoms with van der Waals surface area (Å²) in [4.78, 5) is 0. The van der Waals surface area contributed by atoms with Crippen LogP contribution in [0.2, 0.25) is 0 Å². The van der Waals surface area contributed by atoms with Crippen LogP contribution in [0.4, 0.5) is 0 Å². The Morgan fingerprint density at radius 1 is 0.868 bits per heavy atom. The highest BCUT2D eigenvalue weighted by Crippen LogP contribution is 2.70. The fourth-order valence-corrected chi connectivity index (χ4v) is 12.4. The molecule has 0 amide bonds. The highest BCUT2D eigenvalue weighted by Gasteiger charge is 2.70. The quantitative estimate of drug-likeness (QED) is 0.177. The summed E-state index contributed by atoms with van der Waals surface area (Å²) >= 11 is 0. The minimum absolute atomic E-state index is 0.0572. The zero-order valence-electron chi connectivity index (χ0n) is 31.1. The van der Waals surface area contributed by atoms with Gasteiger partial charge in [-0.3, -0.25) is 0 Å². The topological polar surface area (TPSA) is 217 Å². The molecule has 8 N–H and O–H groups in total. The van der Waals surface area contributed by atoms with Gasteiger partial charge in [0, 0.05) is 17.8 Å². The maximum Gasteiger partial charge on any atom is 0.187 e. The third kappa shape index (κ3) is 5.80. The van der Waals surface area contributed by atoms with Gasteiger partial charge in [0.2, 0.25) is 0 Å². The number of hydrogen-bond donors (Lipinski definition) is 8. The van der Waals surface area contributed by atoms with Crippen molar-refractivity contribution >= 4 is 0 Å². The standard InChI is InChI=1S/C39H60O14/c1-16-8-11-39(48-15-16)17(2)26-23(53-39)13-22-20-7-6-19-12-24(29(43)34(47)38(19,5)21(20)9-10-37(22,26)4)50-36-33(31(45)28(42)25(14-40)51-36)52-35-32(46)30(44)27(41)18(3)49-35/h6,17-18,20-36,40-47H,1,7-15H2,2-5H3. The minimum Gasteiger partial charge on any atom is -0.394 e. The van der Waals surface area contributed by atoms with Crippen LogP contribution in [0.15, 0.2) is 23.8 Å². The molecule has 53 heavy (non-hydrogen) atoms. The van der Waals surface area contributed by atoms with Crippen LogP contribution in [0.5, 0.6) is 0 Å². The molecule has 0 aromatic heterocycles. The van der Waals surface area contributed by atoms with E-state index in [-0.39, 0.29) is 29.8 Å². The number of aliphatic hydroxyl groups is 8. The molecule has 1 spiro atoms. The summed E-state index contributed by atoms with van der Waals surface area (Å²) in [5.41, 5.74) is 1.43. The maximum atomic E-state index is 12.1. The molecule has 4 heterocycles. The van der Waals surface area contributed by atoms with Crippen molar-refractivity contribution in [2.24, 2.45) is 40.4 Å². The van der Waals surface area contributed by atoms with Crippen LogP contribution < -0.4 is 0 Å². The lowest BCUT2D eigenvalue weighted by atomic mass is 9.46. The number of hydrogen-bond acceptors (Lipinski definition) is 14. The fourth-order valence-electron chi connectivity index (χ4n) is 12.4. The van der Waals surface area contributed by atoms with Crippen LogP contribution in [-0.2, 0) is 28.4 Å². The first-order valence-corrected chi connectivity index (χ1v) is 19.7. The largest absolute Gasteiger partial charge is 0.394 e. The second kappa shape index (κ2) is 13.8. The van der Waals surface area contributed by atoms with Crippen LogP contribution in [-0.4, -0.2) is 146 Å². The SMILES string of the molecule is C=C1CCC2(OC1)OC1CC3C4CC=C5CC(OC6OC(CO)C(O)C(O)C6OC6OC(C)C(O)C(O)C6O)C(O)C(O)C5(C)C4CCC3(C)C1C2C. The van der Waals surface area contributed by atoms with E-state index in [1.165, 1.54) is 6.92 Å². The van der Waals surface area contributed by atoms with Gasteiger partial charge in [-0.25, -0.2) is 0 Å². The van der Waals surface area contributed by atoms with Crippen molar-refractivity contribution in [1.29, 1.82) is 0 Å². The molecule has 22 unspecified atom stereocenters. The van der Waals surface area contributed by atoms with Crippen LogP contribution in [0.1, 0.15) is 72.6 Å². The summed E-state index contributed by atoms with van der Waals surface area (Å²) in [5.74, 6) is 0.885. The van der Waals surface area contributed by atoms with Crippen molar-refractivity contribution in [1.82, 2.24) is 0 Å². The highest BCUT2D eigenvalue weighted by atomic mass is 16.8. The maximum absolute atomic E-state index is 12.1. The third-order valence-electron chi connectivity index (χ3n) is 15.5. The molecule has 14 heteroatoms. The monoisotopic (exact) mass is 752 g/mol. The molecular weight excluding hydrogens is 692 g/mol. The number of aliphatic hydroxyl groups excluding tert-OH is 8. The second-order valence-corrected chi connectivity index (χ2v) is 18.0. The molecule has 0 aromatic rings. The van der Waals surface area contributed by atoms with E-state index >= 15 is 0 Å². The summed E-state index contributed by atoms with van der Waals surface area (Å²) in [7, 11) is 0. The first-order chi connectivity index (χ1) is 25.1. The molecule has 14 nitrogen and oxygen atoms in total. The summed E-state index contributed by atoms with van der Waals surface area (Å²) in [5, 5.41) is 86.8. The molecule has 3 saturated carbocycles. The average Bonchev–Trinajstić information content (AvgIpc) is 3.58. The minimum atomic E-state index is -1.71. The van der Waals surface area contributed by atoms with Crippen LogP contribution in [0.25, 0.3) is 0 Å². The predicted octanol–water partition coefficient (Wildman–Crippen LogP) is 0.252. The molecule has 22 atom stereocenters. The molecule has 0 bridgehead atoms. The molecule has 4 saturated heterocycles. The van der Waals surface area contributed by atoms with E-state index in [4.69, 9.17) is 28.4 Å². The van der Waals surface area contributed by atoms with Crippen molar-refractivity contribution < 1.29 is 69.3 Å². The molecule has 0 aromatic carbocycles. The van der Waals surface area contributed by atoms with Gasteiger partial charge in [0.15, 0.2) is 18.4 Å². The van der Waals surface area contributed by atoms with E-state index in [0.717, 1.165) is 49.7 Å². The Kier molecular flexibility index (Phi) is 10.1. The Morgan fingerprint density at radius 2 is 1.62 bits per heavy atom. The Bertz CT molecular complexity index is 1420. The van der Waals surface area contributed by atoms with E-state index in [1.807, 2.05) is 0 Å². The molecule has 0 radical (unpaired) electrons. The second-order valence-electron chi connectivity index (χ2n) is 18.0. The molecule has 8 rings (SSSR count). The first-order valence-electron chi connectivity index (χ1n) is 19.7. The fraction of sp³-hybridized carbons (Fsp3) is 0.897. The zero-order valence-corrected chi connectivity index (χ0v) is 31.1. The molecule has 8 aliphatic rings. The van der Waals surface area contributed by atoms with E-state index in [0.29, 0.717) is 24.4 Å². The lowest BCUT2D eigenvalue weighted by Crippen LogP contribution is -2.66. The Hall–Kier alpha value is -1.08. The van der Waals surface area contributed by atoms with Crippen LogP contribution in [0.3, 0.4) is 0 Å². The smallest absolute Gasteiger partial charge is 0.187 e. The number of fused-ring (bicyclic) bond motifs is 7. The number of allylic oxidation sites excluding steroid dienone is 1. The Balaban J connectivity index is 1.01. The lowest BCUT2D eigenvalue weighted by Gasteiger charge is -2.60. The van der Waals surface area contributed by atoms with Gasteiger partial charge in [0.1, 0.15) is 48.8 Å². The summed E-state index contributed by atoms with van der Waals surface area (Å²) in [6.45, 7) is 12.3. The summed E-state index contributed by atoms with van der Waals surface area (Å²) < 4.78 is 36.9. The van der Waals surface area contributed by atoms with Gasteiger partial charge in [-0.2, -0.15) is 0 Å². The van der Waals surface area contributed by atoms with Crippen molar-refractivity contribution in [3.63, 3.8) is 0 Å². The van der Waals surface area contributed by atoms with Gasteiger partial charge in [0.25, 0.3) is 0 Å². The van der Waals surface area contributed by atoms with Gasteiger partial charge in [-0.05, 0) is 74.5 Å². The lowest BCUT2D eigenvalue weighted by molar-refractivity contribution is -0.373. The van der Waals surface area contributed by atoms with Crippen LogP contribution >= 0.6 is 0 Å². The van der Waals surface area contributed by atoms with Crippen molar-refractivity contribution in [2.45, 2.75) is 164 Å². The zero-order chi connectivity index (χ0) is 37.9. The number of ether oxygens (including phenoxy) is 6. The van der Waals surface area contributed by atoms with Gasteiger partial charge < -0.3 is 69.3 Å². The normalized spacial score (nSPS) is 58.1. The number of rotatable bonds is 5. The van der Waals surface area contributed by atoms with Crippen molar-refractivity contribution in [3.8, 4) is 0 Å². The van der Waals surface area contributed by atoms with Crippen molar-refractivity contribution in [2.75, 3.05) is 13.2 Å². The van der Waals surface area contributed by atoms with E-state index in [1.54, 1.807) is 0 Å². The average molecular weight is 753 g/mol. The molecule has 7 fully saturated rings. The summed E-state index contributed by atoms with van der Waals surface area (Å²) in [6, 6.07) is 0. The van der Waals surface area contributed by atoms with Gasteiger partial charge in [-0.15, -0.1) is 0 Å². The van der Waals surface area contributed by atoms with Gasteiger partial charge >= 0.3 is 0 Å². The first kappa shape index (κ1) is 38.8. The van der Waals surface area contributed by atoms with Crippen molar-refractivity contribution in [3.05, 3.63) is 23.8 Å². The van der Waals surface area contributed by atoms with E-state index in [9.17, 15) is 40.9 Å². The highest BCUT2D eigenvalue weighted by molar-refractivity contribution is 5.30. The van der Waals surface area contributed by atoms with Gasteiger partial charge in [0.05, 0.1) is 37.6 Å². The molecule has 4 aliphatic heterocycles. The third-order valence-corrected chi connectivity index (χ3v) is 15.5. The predicted molar refractivity (Wildman–Crippen MR) is 184 cm³/mol. The van der Waals surface area contributed by atoms with Gasteiger partial charge in [-0.1, -0.05) is 44.6 Å². The molecule has 4 aliphatic carbocycles. The van der Waals surface area contributed by atoms with E-state index in [2.05, 4.69) is 33.4 Å². The summed E-state index contributed by atoms with van der Waals surface area (Å²) in [6.07, 6.45) is -10.3. The Labute approximate surface area is 310 Å². The molecular formula is C39H60O14. The van der Waals surface area contributed by atoms with E-state index < -0.39 is 97.5 Å². The molecule has 300 valence electrons. The van der Waals surface area contributed by atoms with Crippen LogP contribution in [0, 0.1) is 40.4 Å².